The summed E-state index contributed by atoms with van der Waals surface area (Å²) in [5.41, 5.74) is 5.48. The highest BCUT2D eigenvalue weighted by Gasteiger charge is 2.02. The molecule has 2 rings (SSSR count). The van der Waals surface area contributed by atoms with E-state index in [4.69, 9.17) is 17.3 Å². The number of nitrogen functional groups attached to an aromatic ring is 1. The Bertz CT molecular complexity index is 438. The van der Waals surface area contributed by atoms with Gasteiger partial charge in [0.05, 0.1) is 0 Å². The van der Waals surface area contributed by atoms with E-state index in [0.29, 0.717) is 5.82 Å². The Kier molecular flexibility index (Phi) is 3.69. The van der Waals surface area contributed by atoms with E-state index in [2.05, 4.69) is 32.5 Å². The van der Waals surface area contributed by atoms with E-state index in [0.717, 1.165) is 19.3 Å². The minimum atomic E-state index is 0.165. The minimum Gasteiger partial charge on any atom is -0.368 e. The van der Waals surface area contributed by atoms with Gasteiger partial charge >= 0.3 is 0 Å². The van der Waals surface area contributed by atoms with Crippen LogP contribution in [0.15, 0.2) is 17.5 Å². The first-order valence-electron chi connectivity index (χ1n) is 4.92. The third kappa shape index (κ3) is 3.15. The molecule has 0 atom stereocenters. The number of aromatic nitrogens is 3. The second-order valence-electron chi connectivity index (χ2n) is 3.31. The zero-order chi connectivity index (χ0) is 11.4. The second-order valence-corrected chi connectivity index (χ2v) is 4.68. The topological polar surface area (TPSA) is 64.7 Å². The Balaban J connectivity index is 1.89. The van der Waals surface area contributed by atoms with Crippen LogP contribution >= 0.6 is 22.9 Å². The molecule has 84 valence electrons. The van der Waals surface area contributed by atoms with E-state index in [1.807, 2.05) is 0 Å². The molecule has 6 heteroatoms. The average molecular weight is 255 g/mol. The van der Waals surface area contributed by atoms with E-state index in [1.54, 1.807) is 11.3 Å². The maximum atomic E-state index is 5.69. The summed E-state index contributed by atoms with van der Waals surface area (Å²) in [6.45, 7) is 0. The SMILES string of the molecule is Nc1nc(Cl)nc(CCCc2cccs2)n1. The first-order chi connectivity index (χ1) is 7.74. The molecule has 0 aromatic carbocycles. The Morgan fingerprint density at radius 3 is 2.81 bits per heavy atom. The van der Waals surface area contributed by atoms with Gasteiger partial charge in [0.2, 0.25) is 11.2 Å². The maximum Gasteiger partial charge on any atom is 0.227 e. The lowest BCUT2D eigenvalue weighted by molar-refractivity contribution is 0.770. The number of nitrogens with two attached hydrogens (primary N) is 1. The maximum absolute atomic E-state index is 5.69. The Hall–Kier alpha value is -1.20. The van der Waals surface area contributed by atoms with E-state index in [-0.39, 0.29) is 11.2 Å². The molecular weight excluding hydrogens is 244 g/mol. The summed E-state index contributed by atoms with van der Waals surface area (Å²) in [5, 5.41) is 2.24. The summed E-state index contributed by atoms with van der Waals surface area (Å²) in [7, 11) is 0. The third-order valence-corrected chi connectivity index (χ3v) is 3.18. The molecule has 2 aromatic rings. The van der Waals surface area contributed by atoms with Crippen LogP contribution in [-0.4, -0.2) is 15.0 Å². The zero-order valence-corrected chi connectivity index (χ0v) is 10.1. The molecule has 0 aliphatic heterocycles. The number of hydrogen-bond acceptors (Lipinski definition) is 5. The highest BCUT2D eigenvalue weighted by atomic mass is 35.5. The van der Waals surface area contributed by atoms with Crippen molar-refractivity contribution < 1.29 is 0 Å². The molecule has 4 nitrogen and oxygen atoms in total. The molecule has 0 amide bonds. The highest BCUT2D eigenvalue weighted by molar-refractivity contribution is 7.09. The number of rotatable bonds is 4. The van der Waals surface area contributed by atoms with Crippen LogP contribution < -0.4 is 5.73 Å². The van der Waals surface area contributed by atoms with Crippen molar-refractivity contribution in [2.75, 3.05) is 5.73 Å². The molecule has 0 radical (unpaired) electrons. The minimum absolute atomic E-state index is 0.165. The van der Waals surface area contributed by atoms with Crippen LogP contribution in [0.2, 0.25) is 5.28 Å². The lowest BCUT2D eigenvalue weighted by Gasteiger charge is -2.00. The summed E-state index contributed by atoms with van der Waals surface area (Å²) in [6, 6.07) is 4.18. The van der Waals surface area contributed by atoms with Crippen molar-refractivity contribution in [1.29, 1.82) is 0 Å². The normalized spacial score (nSPS) is 10.6. The summed E-state index contributed by atoms with van der Waals surface area (Å²) in [4.78, 5) is 13.1. The molecule has 0 saturated carbocycles. The molecule has 0 aliphatic carbocycles. The number of nitrogens with zero attached hydrogens (tertiary/aromatic N) is 3. The fraction of sp³-hybridized carbons (Fsp3) is 0.300. The standard InChI is InChI=1S/C10H11ClN4S/c11-9-13-8(14-10(12)15-9)5-1-3-7-4-2-6-16-7/h2,4,6H,1,3,5H2,(H2,12,13,14,15). The Labute approximate surface area is 103 Å². The van der Waals surface area contributed by atoms with Gasteiger partial charge < -0.3 is 5.73 Å². The molecule has 0 saturated heterocycles. The zero-order valence-electron chi connectivity index (χ0n) is 8.56. The van der Waals surface area contributed by atoms with Crippen LogP contribution in [0.5, 0.6) is 0 Å². The van der Waals surface area contributed by atoms with Gasteiger partial charge in [0.15, 0.2) is 0 Å². The fourth-order valence-electron chi connectivity index (χ4n) is 1.40. The molecule has 16 heavy (non-hydrogen) atoms. The molecule has 0 bridgehead atoms. The largest absolute Gasteiger partial charge is 0.368 e. The molecule has 0 aliphatic rings. The molecule has 2 aromatic heterocycles. The third-order valence-electron chi connectivity index (χ3n) is 2.08. The number of halogens is 1. The Morgan fingerprint density at radius 1 is 1.25 bits per heavy atom. The van der Waals surface area contributed by atoms with Crippen molar-refractivity contribution >= 4 is 28.9 Å². The van der Waals surface area contributed by atoms with Gasteiger partial charge in [-0.25, -0.2) is 4.98 Å². The van der Waals surface area contributed by atoms with Crippen LogP contribution in [0.3, 0.4) is 0 Å². The number of anilines is 1. The number of thiophene rings is 1. The predicted octanol–water partition coefficient (Wildman–Crippen LogP) is 2.34. The van der Waals surface area contributed by atoms with E-state index < -0.39 is 0 Å². The summed E-state index contributed by atoms with van der Waals surface area (Å²) in [5.74, 6) is 0.847. The van der Waals surface area contributed by atoms with Crippen molar-refractivity contribution in [3.05, 3.63) is 33.5 Å². The van der Waals surface area contributed by atoms with Gasteiger partial charge in [0.25, 0.3) is 0 Å². The van der Waals surface area contributed by atoms with Gasteiger partial charge in [-0.3, -0.25) is 0 Å². The van der Waals surface area contributed by atoms with Crippen LogP contribution in [-0.2, 0) is 12.8 Å². The monoisotopic (exact) mass is 254 g/mol. The fourth-order valence-corrected chi connectivity index (χ4v) is 2.33. The molecule has 0 unspecified atom stereocenters. The highest BCUT2D eigenvalue weighted by Crippen LogP contribution is 2.12. The molecule has 0 fully saturated rings. The Morgan fingerprint density at radius 2 is 2.12 bits per heavy atom. The van der Waals surface area contributed by atoms with Crippen molar-refractivity contribution in [1.82, 2.24) is 15.0 Å². The van der Waals surface area contributed by atoms with Crippen molar-refractivity contribution in [2.45, 2.75) is 19.3 Å². The lowest BCUT2D eigenvalue weighted by atomic mass is 10.2. The molecule has 0 spiro atoms. The lowest BCUT2D eigenvalue weighted by Crippen LogP contribution is -2.03. The van der Waals surface area contributed by atoms with Gasteiger partial charge in [0, 0.05) is 11.3 Å². The van der Waals surface area contributed by atoms with Crippen molar-refractivity contribution in [2.24, 2.45) is 0 Å². The van der Waals surface area contributed by atoms with Gasteiger partial charge in [-0.1, -0.05) is 6.07 Å². The average Bonchev–Trinajstić information content (AvgIpc) is 2.69. The van der Waals surface area contributed by atoms with Crippen LogP contribution in [0.25, 0.3) is 0 Å². The smallest absolute Gasteiger partial charge is 0.227 e. The molecule has 2 heterocycles. The van der Waals surface area contributed by atoms with Crippen LogP contribution in [0.1, 0.15) is 17.1 Å². The summed E-state index contributed by atoms with van der Waals surface area (Å²) >= 11 is 7.45. The van der Waals surface area contributed by atoms with Gasteiger partial charge in [-0.05, 0) is 35.9 Å². The van der Waals surface area contributed by atoms with Crippen molar-refractivity contribution in [3.63, 3.8) is 0 Å². The molecule has 2 N–H and O–H groups in total. The van der Waals surface area contributed by atoms with E-state index in [1.165, 1.54) is 4.88 Å². The quantitative estimate of drug-likeness (QED) is 0.910. The second kappa shape index (κ2) is 5.23. The van der Waals surface area contributed by atoms with Crippen LogP contribution in [0, 0.1) is 0 Å². The first kappa shape index (κ1) is 11.3. The van der Waals surface area contributed by atoms with Gasteiger partial charge in [-0.15, -0.1) is 11.3 Å². The summed E-state index contributed by atoms with van der Waals surface area (Å²) in [6.07, 6.45) is 2.78. The number of aryl methyl sites for hydroxylation is 2. The van der Waals surface area contributed by atoms with E-state index >= 15 is 0 Å². The predicted molar refractivity (Wildman–Crippen MR) is 65.6 cm³/mol. The van der Waals surface area contributed by atoms with Gasteiger partial charge in [-0.2, -0.15) is 9.97 Å². The molecular formula is C10H11ClN4S. The number of hydrogen-bond donors (Lipinski definition) is 1. The van der Waals surface area contributed by atoms with Crippen LogP contribution in [0.4, 0.5) is 5.95 Å². The summed E-state index contributed by atoms with van der Waals surface area (Å²) < 4.78 is 0. The van der Waals surface area contributed by atoms with Crippen molar-refractivity contribution in [3.8, 4) is 0 Å². The van der Waals surface area contributed by atoms with Gasteiger partial charge in [0.1, 0.15) is 5.82 Å². The van der Waals surface area contributed by atoms with E-state index in [9.17, 15) is 0 Å². The first-order valence-corrected chi connectivity index (χ1v) is 6.18.